The van der Waals surface area contributed by atoms with Crippen molar-refractivity contribution in [3.63, 3.8) is 0 Å². The maximum Gasteiger partial charge on any atom is 0.218 e. The molecule has 0 rings (SSSR count). The number of nitrogens with two attached hydrogens (primary N) is 2. The lowest BCUT2D eigenvalue weighted by atomic mass is 10.2. The zero-order chi connectivity index (χ0) is 9.56. The van der Waals surface area contributed by atoms with Crippen LogP contribution in [0.1, 0.15) is 19.8 Å². The molecule has 4 heteroatoms. The van der Waals surface area contributed by atoms with Crippen molar-refractivity contribution >= 4 is 5.91 Å². The lowest BCUT2D eigenvalue weighted by Gasteiger charge is -2.16. The van der Waals surface area contributed by atoms with E-state index >= 15 is 0 Å². The van der Waals surface area contributed by atoms with Crippen LogP contribution in [-0.4, -0.2) is 37.0 Å². The maximum absolute atomic E-state index is 10.4. The topological polar surface area (TPSA) is 72.3 Å². The molecule has 1 atom stereocenters. The molecule has 0 aromatic heterocycles. The largest absolute Gasteiger partial charge is 0.370 e. The molecule has 0 aliphatic rings. The van der Waals surface area contributed by atoms with E-state index in [0.717, 1.165) is 19.5 Å². The minimum absolute atomic E-state index is 0.223. The second kappa shape index (κ2) is 5.97. The molecule has 0 radical (unpaired) electrons. The van der Waals surface area contributed by atoms with E-state index in [4.69, 9.17) is 11.5 Å². The molecule has 12 heavy (non-hydrogen) atoms. The van der Waals surface area contributed by atoms with Gasteiger partial charge in [0.2, 0.25) is 5.91 Å². The number of amides is 1. The molecule has 0 heterocycles. The van der Waals surface area contributed by atoms with Gasteiger partial charge < -0.3 is 16.4 Å². The molecular weight excluding hydrogens is 154 g/mol. The third-order valence-corrected chi connectivity index (χ3v) is 1.71. The summed E-state index contributed by atoms with van der Waals surface area (Å²) in [5, 5.41) is 0. The molecule has 0 spiro atoms. The van der Waals surface area contributed by atoms with E-state index in [1.165, 1.54) is 0 Å². The summed E-state index contributed by atoms with van der Waals surface area (Å²) in [6.07, 6.45) is 1.38. The van der Waals surface area contributed by atoms with Crippen molar-refractivity contribution in [3.8, 4) is 0 Å². The van der Waals surface area contributed by atoms with Gasteiger partial charge in [-0.25, -0.2) is 0 Å². The smallest absolute Gasteiger partial charge is 0.218 e. The summed E-state index contributed by atoms with van der Waals surface area (Å²) < 4.78 is 0. The first-order valence-electron chi connectivity index (χ1n) is 4.24. The molecule has 1 amide bonds. The van der Waals surface area contributed by atoms with Gasteiger partial charge in [-0.1, -0.05) is 0 Å². The van der Waals surface area contributed by atoms with Crippen molar-refractivity contribution in [2.75, 3.05) is 20.1 Å². The van der Waals surface area contributed by atoms with Crippen LogP contribution in [-0.2, 0) is 4.79 Å². The number of hydrogen-bond donors (Lipinski definition) is 2. The van der Waals surface area contributed by atoms with Crippen LogP contribution in [0.2, 0.25) is 0 Å². The second-order valence-electron chi connectivity index (χ2n) is 3.29. The molecule has 0 fully saturated rings. The molecule has 72 valence electrons. The van der Waals surface area contributed by atoms with E-state index in [1.807, 2.05) is 14.0 Å². The Balaban J connectivity index is 3.33. The Morgan fingerprint density at radius 3 is 2.50 bits per heavy atom. The third kappa shape index (κ3) is 7.50. The number of hydrogen-bond acceptors (Lipinski definition) is 3. The monoisotopic (exact) mass is 173 g/mol. The van der Waals surface area contributed by atoms with Crippen molar-refractivity contribution in [3.05, 3.63) is 0 Å². The molecule has 0 aliphatic carbocycles. The SMILES string of the molecule is CC(N)CCN(C)CCC(N)=O. The number of nitrogens with zero attached hydrogens (tertiary/aromatic N) is 1. The summed E-state index contributed by atoms with van der Waals surface area (Å²) in [6, 6.07) is 0.223. The van der Waals surface area contributed by atoms with Crippen LogP contribution in [0.5, 0.6) is 0 Å². The molecule has 0 aromatic rings. The van der Waals surface area contributed by atoms with E-state index in [0.29, 0.717) is 6.42 Å². The molecule has 0 bridgehead atoms. The molecular formula is C8H19N3O. The predicted octanol–water partition coefficient (Wildman–Crippen LogP) is -0.469. The Kier molecular flexibility index (Phi) is 5.66. The standard InChI is InChI=1S/C8H19N3O/c1-7(9)3-5-11(2)6-4-8(10)12/h7H,3-6,9H2,1-2H3,(H2,10,12). The Morgan fingerprint density at radius 1 is 1.50 bits per heavy atom. The van der Waals surface area contributed by atoms with Gasteiger partial charge in [-0.15, -0.1) is 0 Å². The van der Waals surface area contributed by atoms with E-state index in [1.54, 1.807) is 0 Å². The molecule has 0 saturated heterocycles. The van der Waals surface area contributed by atoms with Gasteiger partial charge in [0.15, 0.2) is 0 Å². The van der Waals surface area contributed by atoms with Crippen LogP contribution in [0.15, 0.2) is 0 Å². The fourth-order valence-electron chi connectivity index (χ4n) is 0.837. The molecule has 1 unspecified atom stereocenters. The highest BCUT2D eigenvalue weighted by Crippen LogP contribution is 1.92. The van der Waals surface area contributed by atoms with Crippen LogP contribution >= 0.6 is 0 Å². The van der Waals surface area contributed by atoms with E-state index in [-0.39, 0.29) is 11.9 Å². The van der Waals surface area contributed by atoms with Crippen LogP contribution < -0.4 is 11.5 Å². The lowest BCUT2D eigenvalue weighted by molar-refractivity contribution is -0.118. The minimum Gasteiger partial charge on any atom is -0.370 e. The van der Waals surface area contributed by atoms with Crippen molar-refractivity contribution in [2.24, 2.45) is 11.5 Å². The van der Waals surface area contributed by atoms with Gasteiger partial charge in [0.1, 0.15) is 0 Å². The highest BCUT2D eigenvalue weighted by atomic mass is 16.1. The van der Waals surface area contributed by atoms with Gasteiger partial charge >= 0.3 is 0 Å². The summed E-state index contributed by atoms with van der Waals surface area (Å²) in [6.45, 7) is 3.62. The fraction of sp³-hybridized carbons (Fsp3) is 0.875. The summed E-state index contributed by atoms with van der Waals surface area (Å²) >= 11 is 0. The molecule has 0 aromatic carbocycles. The highest BCUT2D eigenvalue weighted by molar-refractivity contribution is 5.73. The number of carbonyl (C=O) groups is 1. The highest BCUT2D eigenvalue weighted by Gasteiger charge is 2.01. The lowest BCUT2D eigenvalue weighted by Crippen LogP contribution is -2.29. The molecule has 0 aliphatic heterocycles. The Morgan fingerprint density at radius 2 is 2.08 bits per heavy atom. The summed E-state index contributed by atoms with van der Waals surface area (Å²) in [4.78, 5) is 12.5. The van der Waals surface area contributed by atoms with Gasteiger partial charge in [0, 0.05) is 19.0 Å². The van der Waals surface area contributed by atoms with E-state index in [9.17, 15) is 4.79 Å². The Hall–Kier alpha value is -0.610. The first-order chi connectivity index (χ1) is 5.52. The molecule has 0 saturated carbocycles. The summed E-state index contributed by atoms with van der Waals surface area (Å²) in [7, 11) is 1.96. The maximum atomic E-state index is 10.4. The molecule has 4 N–H and O–H groups in total. The van der Waals surface area contributed by atoms with Crippen LogP contribution in [0.4, 0.5) is 0 Å². The Bertz CT molecular complexity index is 136. The average Bonchev–Trinajstić information content (AvgIpc) is 1.96. The van der Waals surface area contributed by atoms with Crippen LogP contribution in [0.25, 0.3) is 0 Å². The van der Waals surface area contributed by atoms with Crippen molar-refractivity contribution in [1.29, 1.82) is 0 Å². The third-order valence-electron chi connectivity index (χ3n) is 1.71. The first-order valence-corrected chi connectivity index (χ1v) is 4.24. The van der Waals surface area contributed by atoms with Crippen molar-refractivity contribution in [2.45, 2.75) is 25.8 Å². The normalized spacial score (nSPS) is 13.3. The number of primary amides is 1. The van der Waals surface area contributed by atoms with E-state index < -0.39 is 0 Å². The van der Waals surface area contributed by atoms with Gasteiger partial charge in [0.05, 0.1) is 0 Å². The quantitative estimate of drug-likeness (QED) is 0.570. The summed E-state index contributed by atoms with van der Waals surface area (Å²) in [5.41, 5.74) is 10.6. The fourth-order valence-corrected chi connectivity index (χ4v) is 0.837. The second-order valence-corrected chi connectivity index (χ2v) is 3.29. The average molecular weight is 173 g/mol. The Labute approximate surface area is 73.9 Å². The van der Waals surface area contributed by atoms with Crippen molar-refractivity contribution < 1.29 is 4.79 Å². The van der Waals surface area contributed by atoms with E-state index in [2.05, 4.69) is 4.90 Å². The predicted molar refractivity (Wildman–Crippen MR) is 49.6 cm³/mol. The zero-order valence-electron chi connectivity index (χ0n) is 7.92. The number of rotatable bonds is 6. The van der Waals surface area contributed by atoms with Crippen molar-refractivity contribution in [1.82, 2.24) is 4.90 Å². The van der Waals surface area contributed by atoms with Gasteiger partial charge in [-0.2, -0.15) is 0 Å². The summed E-state index contributed by atoms with van der Waals surface area (Å²) in [5.74, 6) is -0.248. The number of carbonyl (C=O) groups excluding carboxylic acids is 1. The van der Waals surface area contributed by atoms with Gasteiger partial charge in [-0.3, -0.25) is 4.79 Å². The first kappa shape index (κ1) is 11.4. The minimum atomic E-state index is -0.248. The van der Waals surface area contributed by atoms with Crippen LogP contribution in [0, 0.1) is 0 Å². The zero-order valence-corrected chi connectivity index (χ0v) is 7.92. The van der Waals surface area contributed by atoms with Gasteiger partial charge in [0.25, 0.3) is 0 Å². The van der Waals surface area contributed by atoms with Gasteiger partial charge in [-0.05, 0) is 26.9 Å². The van der Waals surface area contributed by atoms with Crippen LogP contribution in [0.3, 0.4) is 0 Å². The molecule has 4 nitrogen and oxygen atoms in total.